The van der Waals surface area contributed by atoms with Crippen LogP contribution in [0.25, 0.3) is 0 Å². The highest BCUT2D eigenvalue weighted by Crippen LogP contribution is 2.23. The Balaban J connectivity index is 2.57. The van der Waals surface area contributed by atoms with E-state index in [2.05, 4.69) is 43.6 Å². The summed E-state index contributed by atoms with van der Waals surface area (Å²) in [5.74, 6) is 0.593. The first-order valence-corrected chi connectivity index (χ1v) is 7.44. The average Bonchev–Trinajstić information content (AvgIpc) is 2.82. The van der Waals surface area contributed by atoms with Gasteiger partial charge in [0.25, 0.3) is 0 Å². The van der Waals surface area contributed by atoms with Crippen LogP contribution in [0.15, 0.2) is 17.5 Å². The summed E-state index contributed by atoms with van der Waals surface area (Å²) in [5.41, 5.74) is 0. The van der Waals surface area contributed by atoms with E-state index in [4.69, 9.17) is 4.74 Å². The molecular formula is C14H25NOS. The third kappa shape index (κ3) is 4.78. The van der Waals surface area contributed by atoms with Gasteiger partial charge in [-0.3, -0.25) is 0 Å². The van der Waals surface area contributed by atoms with E-state index in [1.54, 1.807) is 0 Å². The smallest absolute Gasteiger partial charge is 0.0622 e. The van der Waals surface area contributed by atoms with Gasteiger partial charge >= 0.3 is 0 Å². The van der Waals surface area contributed by atoms with E-state index in [0.717, 1.165) is 19.6 Å². The number of hydrogen-bond acceptors (Lipinski definition) is 3. The topological polar surface area (TPSA) is 21.3 Å². The summed E-state index contributed by atoms with van der Waals surface area (Å²) in [6, 6.07) is 5.23. The summed E-state index contributed by atoms with van der Waals surface area (Å²) < 4.78 is 5.56. The van der Waals surface area contributed by atoms with Crippen LogP contribution < -0.4 is 5.32 Å². The Kier molecular flexibility index (Phi) is 6.78. The third-order valence-corrected chi connectivity index (χ3v) is 4.00. The zero-order valence-corrected chi connectivity index (χ0v) is 12.2. The molecule has 0 amide bonds. The van der Waals surface area contributed by atoms with Gasteiger partial charge in [-0.2, -0.15) is 0 Å². The van der Waals surface area contributed by atoms with Gasteiger partial charge in [0.2, 0.25) is 0 Å². The molecule has 0 fully saturated rings. The van der Waals surface area contributed by atoms with Gasteiger partial charge in [-0.25, -0.2) is 0 Å². The summed E-state index contributed by atoms with van der Waals surface area (Å²) >= 11 is 1.83. The van der Waals surface area contributed by atoms with Crippen molar-refractivity contribution in [1.82, 2.24) is 5.32 Å². The fraction of sp³-hybridized carbons (Fsp3) is 0.714. The molecule has 2 unspecified atom stereocenters. The van der Waals surface area contributed by atoms with Gasteiger partial charge in [-0.15, -0.1) is 11.3 Å². The van der Waals surface area contributed by atoms with E-state index in [-0.39, 0.29) is 0 Å². The number of thiophene rings is 1. The molecule has 1 aromatic heterocycles. The molecule has 17 heavy (non-hydrogen) atoms. The van der Waals surface area contributed by atoms with Gasteiger partial charge in [0.15, 0.2) is 0 Å². The fourth-order valence-electron chi connectivity index (χ4n) is 1.83. The van der Waals surface area contributed by atoms with Gasteiger partial charge in [-0.1, -0.05) is 26.8 Å². The van der Waals surface area contributed by atoms with Crippen molar-refractivity contribution in [3.8, 4) is 0 Å². The van der Waals surface area contributed by atoms with Crippen molar-refractivity contribution >= 4 is 11.3 Å². The zero-order chi connectivity index (χ0) is 12.7. The Morgan fingerprint density at radius 1 is 1.35 bits per heavy atom. The molecule has 1 rings (SSSR count). The van der Waals surface area contributed by atoms with E-state index in [9.17, 15) is 0 Å². The van der Waals surface area contributed by atoms with Gasteiger partial charge < -0.3 is 10.1 Å². The first-order valence-electron chi connectivity index (χ1n) is 6.56. The Hall–Kier alpha value is -0.380. The standard InChI is InChI=1S/C14H25NOS/c1-5-12(14-8-7-9-17-14)15-13(11(3)4)10-16-6-2/h7-9,11-13,15H,5-6,10H2,1-4H3. The van der Waals surface area contributed by atoms with E-state index in [1.165, 1.54) is 4.88 Å². The van der Waals surface area contributed by atoms with Crippen molar-refractivity contribution in [3.05, 3.63) is 22.4 Å². The SMILES string of the molecule is CCOCC(NC(CC)c1cccs1)C(C)C. The van der Waals surface area contributed by atoms with Crippen molar-refractivity contribution in [2.24, 2.45) is 5.92 Å². The molecule has 0 radical (unpaired) electrons. The predicted molar refractivity (Wildman–Crippen MR) is 75.6 cm³/mol. The Bertz CT molecular complexity index is 284. The molecule has 0 bridgehead atoms. The van der Waals surface area contributed by atoms with Crippen LogP contribution >= 0.6 is 11.3 Å². The summed E-state index contributed by atoms with van der Waals surface area (Å²) in [5, 5.41) is 5.87. The molecule has 2 atom stereocenters. The summed E-state index contributed by atoms with van der Waals surface area (Å²) in [7, 11) is 0. The molecular weight excluding hydrogens is 230 g/mol. The molecule has 1 heterocycles. The summed E-state index contributed by atoms with van der Waals surface area (Å²) in [6.45, 7) is 10.4. The molecule has 2 nitrogen and oxygen atoms in total. The molecule has 1 aromatic rings. The van der Waals surface area contributed by atoms with Crippen LogP contribution in [0.1, 0.15) is 45.0 Å². The third-order valence-electron chi connectivity index (χ3n) is 3.02. The van der Waals surface area contributed by atoms with Gasteiger partial charge in [0.1, 0.15) is 0 Å². The van der Waals surface area contributed by atoms with Gasteiger partial charge in [0.05, 0.1) is 6.61 Å². The molecule has 0 saturated heterocycles. The van der Waals surface area contributed by atoms with Crippen molar-refractivity contribution in [2.45, 2.75) is 46.2 Å². The molecule has 0 spiro atoms. The van der Waals surface area contributed by atoms with E-state index < -0.39 is 0 Å². The second-order valence-electron chi connectivity index (χ2n) is 4.65. The second kappa shape index (κ2) is 7.85. The molecule has 0 aromatic carbocycles. The van der Waals surface area contributed by atoms with Gasteiger partial charge in [0, 0.05) is 23.6 Å². The maximum absolute atomic E-state index is 5.56. The van der Waals surface area contributed by atoms with Gasteiger partial charge in [-0.05, 0) is 30.7 Å². The Morgan fingerprint density at radius 2 is 2.12 bits per heavy atom. The lowest BCUT2D eigenvalue weighted by atomic mass is 10.0. The monoisotopic (exact) mass is 255 g/mol. The molecule has 0 aliphatic carbocycles. The average molecular weight is 255 g/mol. The molecule has 0 aliphatic heterocycles. The highest BCUT2D eigenvalue weighted by atomic mass is 32.1. The maximum Gasteiger partial charge on any atom is 0.0622 e. The van der Waals surface area contributed by atoms with Crippen molar-refractivity contribution < 1.29 is 4.74 Å². The summed E-state index contributed by atoms with van der Waals surface area (Å²) in [4.78, 5) is 1.43. The van der Waals surface area contributed by atoms with Crippen molar-refractivity contribution in [2.75, 3.05) is 13.2 Å². The molecule has 3 heteroatoms. The summed E-state index contributed by atoms with van der Waals surface area (Å²) in [6.07, 6.45) is 1.12. The largest absolute Gasteiger partial charge is 0.380 e. The highest BCUT2D eigenvalue weighted by Gasteiger charge is 2.19. The quantitative estimate of drug-likeness (QED) is 0.762. The van der Waals surface area contributed by atoms with Crippen LogP contribution in [0, 0.1) is 5.92 Å². The number of hydrogen-bond donors (Lipinski definition) is 1. The maximum atomic E-state index is 5.56. The van der Waals surface area contributed by atoms with Crippen LogP contribution in [0.2, 0.25) is 0 Å². The lowest BCUT2D eigenvalue weighted by Crippen LogP contribution is -2.40. The van der Waals surface area contributed by atoms with E-state index >= 15 is 0 Å². The van der Waals surface area contributed by atoms with E-state index in [1.807, 2.05) is 18.3 Å². The first-order chi connectivity index (χ1) is 8.19. The minimum atomic E-state index is 0.432. The van der Waals surface area contributed by atoms with Crippen LogP contribution in [0.3, 0.4) is 0 Å². The van der Waals surface area contributed by atoms with Crippen LogP contribution in [0.4, 0.5) is 0 Å². The molecule has 0 aliphatic rings. The lowest BCUT2D eigenvalue weighted by molar-refractivity contribution is 0.103. The van der Waals surface area contributed by atoms with Crippen LogP contribution in [-0.2, 0) is 4.74 Å². The molecule has 1 N–H and O–H groups in total. The van der Waals surface area contributed by atoms with Crippen molar-refractivity contribution in [3.63, 3.8) is 0 Å². The highest BCUT2D eigenvalue weighted by molar-refractivity contribution is 7.10. The fourth-order valence-corrected chi connectivity index (χ4v) is 2.70. The second-order valence-corrected chi connectivity index (χ2v) is 5.63. The predicted octanol–water partition coefficient (Wildman–Crippen LogP) is 3.85. The Labute approximate surface area is 109 Å². The molecule has 0 saturated carbocycles. The number of nitrogens with one attached hydrogen (secondary N) is 1. The van der Waals surface area contributed by atoms with Crippen LogP contribution in [-0.4, -0.2) is 19.3 Å². The number of rotatable bonds is 8. The first kappa shape index (κ1) is 14.7. The molecule has 98 valence electrons. The minimum absolute atomic E-state index is 0.432. The minimum Gasteiger partial charge on any atom is -0.380 e. The Morgan fingerprint density at radius 3 is 2.59 bits per heavy atom. The lowest BCUT2D eigenvalue weighted by Gasteiger charge is -2.27. The zero-order valence-electron chi connectivity index (χ0n) is 11.4. The normalized spacial score (nSPS) is 15.1. The van der Waals surface area contributed by atoms with Crippen molar-refractivity contribution in [1.29, 1.82) is 0 Å². The van der Waals surface area contributed by atoms with E-state index in [0.29, 0.717) is 18.0 Å². The van der Waals surface area contributed by atoms with Crippen LogP contribution in [0.5, 0.6) is 0 Å². The number of ether oxygens (including phenoxy) is 1.